The lowest BCUT2D eigenvalue weighted by molar-refractivity contribution is -0.143. The molecule has 0 fully saturated rings. The van der Waals surface area contributed by atoms with Crippen LogP contribution >= 0.6 is 0 Å². The van der Waals surface area contributed by atoms with Crippen LogP contribution in [0.25, 0.3) is 5.82 Å². The van der Waals surface area contributed by atoms with Gasteiger partial charge in [-0.25, -0.2) is 4.68 Å². The van der Waals surface area contributed by atoms with Gasteiger partial charge >= 0.3 is 6.18 Å². The highest BCUT2D eigenvalue weighted by Gasteiger charge is 2.41. The fraction of sp³-hybridized carbons (Fsp3) is 0.150. The molecule has 0 aliphatic carbocycles. The summed E-state index contributed by atoms with van der Waals surface area (Å²) in [6, 6.07) is 11.1. The summed E-state index contributed by atoms with van der Waals surface area (Å²) < 4.78 is 48.5. The van der Waals surface area contributed by atoms with Crippen molar-refractivity contribution in [3.63, 3.8) is 0 Å². The molecule has 0 unspecified atom stereocenters. The number of carbonyl (C=O) groups is 1. The molecule has 164 valence electrons. The molecule has 0 saturated heterocycles. The van der Waals surface area contributed by atoms with Crippen molar-refractivity contribution in [2.24, 2.45) is 0 Å². The molecule has 0 aliphatic heterocycles. The zero-order valence-electron chi connectivity index (χ0n) is 16.6. The van der Waals surface area contributed by atoms with E-state index in [2.05, 4.69) is 25.7 Å². The van der Waals surface area contributed by atoms with E-state index >= 15 is 0 Å². The Bertz CT molecular complexity index is 1220. The second-order valence-corrected chi connectivity index (χ2v) is 6.61. The summed E-state index contributed by atoms with van der Waals surface area (Å²) >= 11 is 0. The number of benzene rings is 1. The molecule has 0 bridgehead atoms. The van der Waals surface area contributed by atoms with Gasteiger partial charge in [-0.2, -0.15) is 23.4 Å². The van der Waals surface area contributed by atoms with Gasteiger partial charge in [0, 0.05) is 24.1 Å². The molecule has 0 aliphatic rings. The molecule has 12 heteroatoms. The number of ether oxygens (including phenoxy) is 1. The van der Waals surface area contributed by atoms with Crippen LogP contribution in [0.4, 0.5) is 18.9 Å². The van der Waals surface area contributed by atoms with Crippen LogP contribution in [0.1, 0.15) is 21.6 Å². The molecule has 9 nitrogen and oxygen atoms in total. The summed E-state index contributed by atoms with van der Waals surface area (Å²) in [6.45, 7) is 0.443. The summed E-state index contributed by atoms with van der Waals surface area (Å²) in [5.41, 5.74) is -0.758. The lowest BCUT2D eigenvalue weighted by Gasteiger charge is -2.12. The van der Waals surface area contributed by atoms with Crippen LogP contribution in [-0.2, 0) is 12.7 Å². The van der Waals surface area contributed by atoms with Crippen molar-refractivity contribution in [3.8, 4) is 11.7 Å². The first-order valence-electron chi connectivity index (χ1n) is 9.26. The Hall–Kier alpha value is -4.22. The van der Waals surface area contributed by atoms with E-state index in [9.17, 15) is 18.0 Å². The minimum atomic E-state index is -4.87. The number of halogens is 3. The van der Waals surface area contributed by atoms with Crippen molar-refractivity contribution in [1.29, 1.82) is 0 Å². The monoisotopic (exact) mass is 443 g/mol. The number of nitrogens with zero attached hydrogens (tertiary/aromatic N) is 6. The topological polar surface area (TPSA) is 99.8 Å². The number of rotatable bonds is 6. The molecule has 1 aromatic carbocycles. The van der Waals surface area contributed by atoms with Crippen molar-refractivity contribution in [1.82, 2.24) is 29.8 Å². The van der Waals surface area contributed by atoms with Gasteiger partial charge in [0.15, 0.2) is 11.5 Å². The Labute approximate surface area is 179 Å². The molecule has 4 rings (SSSR count). The minimum Gasteiger partial charge on any atom is -0.480 e. The molecule has 4 aromatic rings. The quantitative estimate of drug-likeness (QED) is 0.491. The lowest BCUT2D eigenvalue weighted by atomic mass is 10.1. The Balaban J connectivity index is 1.62. The van der Waals surface area contributed by atoms with Crippen LogP contribution < -0.4 is 10.1 Å². The van der Waals surface area contributed by atoms with Gasteiger partial charge in [0.2, 0.25) is 5.88 Å². The van der Waals surface area contributed by atoms with E-state index in [1.165, 1.54) is 19.2 Å². The largest absolute Gasteiger partial charge is 0.480 e. The molecule has 0 atom stereocenters. The average molecular weight is 443 g/mol. The maximum Gasteiger partial charge on any atom is 0.434 e. The third-order valence-electron chi connectivity index (χ3n) is 4.42. The van der Waals surface area contributed by atoms with Crippen LogP contribution in [0.5, 0.6) is 5.88 Å². The Kier molecular flexibility index (Phi) is 5.58. The van der Waals surface area contributed by atoms with E-state index in [1.54, 1.807) is 41.3 Å². The fourth-order valence-corrected chi connectivity index (χ4v) is 3.02. The van der Waals surface area contributed by atoms with Gasteiger partial charge in [0.25, 0.3) is 5.91 Å². The van der Waals surface area contributed by atoms with E-state index in [1.807, 2.05) is 6.07 Å². The number of nitrogens with one attached hydrogen (secondary N) is 1. The highest BCUT2D eigenvalue weighted by molar-refractivity contribution is 6.05. The van der Waals surface area contributed by atoms with Crippen molar-refractivity contribution >= 4 is 11.6 Å². The van der Waals surface area contributed by atoms with Gasteiger partial charge < -0.3 is 10.1 Å². The fourth-order valence-electron chi connectivity index (χ4n) is 3.02. The maximum atomic E-state index is 13.8. The van der Waals surface area contributed by atoms with Gasteiger partial charge in [-0.15, -0.1) is 10.2 Å². The van der Waals surface area contributed by atoms with Gasteiger partial charge in [0.05, 0.1) is 25.4 Å². The minimum absolute atomic E-state index is 0.127. The Morgan fingerprint density at radius 3 is 2.62 bits per heavy atom. The first-order chi connectivity index (χ1) is 15.3. The number of aromatic nitrogens is 6. The van der Waals surface area contributed by atoms with Crippen molar-refractivity contribution in [3.05, 3.63) is 77.9 Å². The SMILES string of the molecule is COc1ccc(-n2ncc(C(=O)Nc3cccc(Cn4cccn4)c3)c2C(F)(F)F)nn1. The molecule has 1 N–H and O–H groups in total. The van der Waals surface area contributed by atoms with Crippen LogP contribution in [0.2, 0.25) is 0 Å². The standard InChI is InChI=1S/C20H16F3N7O2/c1-32-17-7-6-16(27-28-17)30-18(20(21,22)23)15(11-25-30)19(31)26-14-5-2-4-13(10-14)12-29-9-3-8-24-29/h2-11H,12H2,1H3,(H,26,31). The second-order valence-electron chi connectivity index (χ2n) is 6.61. The summed E-state index contributed by atoms with van der Waals surface area (Å²) in [7, 11) is 1.35. The third kappa shape index (κ3) is 4.43. The predicted octanol–water partition coefficient (Wildman–Crippen LogP) is 3.19. The molecule has 0 spiro atoms. The van der Waals surface area contributed by atoms with Crippen LogP contribution in [0.3, 0.4) is 0 Å². The third-order valence-corrected chi connectivity index (χ3v) is 4.42. The normalized spacial score (nSPS) is 11.4. The molecule has 32 heavy (non-hydrogen) atoms. The molecular weight excluding hydrogens is 427 g/mol. The maximum absolute atomic E-state index is 13.8. The molecule has 0 saturated carbocycles. The summed E-state index contributed by atoms with van der Waals surface area (Å²) in [6.07, 6.45) is -0.614. The highest BCUT2D eigenvalue weighted by atomic mass is 19.4. The van der Waals surface area contributed by atoms with E-state index in [4.69, 9.17) is 4.74 Å². The van der Waals surface area contributed by atoms with E-state index in [-0.39, 0.29) is 11.7 Å². The van der Waals surface area contributed by atoms with Gasteiger partial charge in [0.1, 0.15) is 0 Å². The Morgan fingerprint density at radius 1 is 1.12 bits per heavy atom. The number of hydrogen-bond donors (Lipinski definition) is 1. The zero-order valence-corrected chi connectivity index (χ0v) is 16.6. The first kappa shape index (κ1) is 21.0. The number of amides is 1. The van der Waals surface area contributed by atoms with Crippen molar-refractivity contribution < 1.29 is 22.7 Å². The van der Waals surface area contributed by atoms with Crippen LogP contribution in [0.15, 0.2) is 61.1 Å². The number of anilines is 1. The smallest absolute Gasteiger partial charge is 0.434 e. The number of carbonyl (C=O) groups excluding carboxylic acids is 1. The number of hydrogen-bond acceptors (Lipinski definition) is 6. The van der Waals surface area contributed by atoms with Crippen LogP contribution in [0, 0.1) is 0 Å². The van der Waals surface area contributed by atoms with E-state index in [0.29, 0.717) is 16.9 Å². The van der Waals surface area contributed by atoms with Gasteiger partial charge in [-0.05, 0) is 29.8 Å². The number of methoxy groups -OCH3 is 1. The lowest BCUT2D eigenvalue weighted by Crippen LogP contribution is -2.21. The van der Waals surface area contributed by atoms with Crippen LogP contribution in [-0.4, -0.2) is 42.8 Å². The zero-order chi connectivity index (χ0) is 22.7. The molecule has 3 heterocycles. The number of alkyl halides is 3. The van der Waals surface area contributed by atoms with Crippen molar-refractivity contribution in [2.45, 2.75) is 12.7 Å². The highest BCUT2D eigenvalue weighted by Crippen LogP contribution is 2.33. The van der Waals surface area contributed by atoms with Gasteiger partial charge in [-0.1, -0.05) is 12.1 Å². The second kappa shape index (κ2) is 8.49. The van der Waals surface area contributed by atoms with Gasteiger partial charge in [-0.3, -0.25) is 9.48 Å². The van der Waals surface area contributed by atoms with E-state index in [0.717, 1.165) is 11.8 Å². The average Bonchev–Trinajstić information content (AvgIpc) is 3.44. The molecular formula is C20H16F3N7O2. The summed E-state index contributed by atoms with van der Waals surface area (Å²) in [5, 5.41) is 17.7. The van der Waals surface area contributed by atoms with E-state index < -0.39 is 23.3 Å². The summed E-state index contributed by atoms with van der Waals surface area (Å²) in [4.78, 5) is 12.7. The first-order valence-corrected chi connectivity index (χ1v) is 9.26. The molecule has 3 aromatic heterocycles. The Morgan fingerprint density at radius 2 is 1.97 bits per heavy atom. The molecule has 1 amide bonds. The molecule has 0 radical (unpaired) electrons. The van der Waals surface area contributed by atoms with Crippen molar-refractivity contribution in [2.75, 3.05) is 12.4 Å². The summed E-state index contributed by atoms with van der Waals surface area (Å²) in [5.74, 6) is -1.04. The predicted molar refractivity (Wildman–Crippen MR) is 106 cm³/mol.